The molecule has 0 unspecified atom stereocenters. The summed E-state index contributed by atoms with van der Waals surface area (Å²) in [6.45, 7) is 11.0. The first-order valence-electron chi connectivity index (χ1n) is 9.64. The molecule has 7 heteroatoms. The number of rotatable bonds is 7. The SMILES string of the molecule is C=Cc1c(C)nn(CCCN2CCN(c3ccc(OC)cc3)CC2)c(=O)c1N. The molecule has 1 aliphatic rings. The molecule has 0 spiro atoms. The molecule has 0 radical (unpaired) electrons. The van der Waals surface area contributed by atoms with Gasteiger partial charge in [-0.2, -0.15) is 5.10 Å². The minimum Gasteiger partial charge on any atom is -0.497 e. The Labute approximate surface area is 166 Å². The van der Waals surface area contributed by atoms with E-state index in [4.69, 9.17) is 10.5 Å². The number of piperazine rings is 1. The van der Waals surface area contributed by atoms with Gasteiger partial charge in [-0.05, 0) is 37.6 Å². The number of hydrogen-bond acceptors (Lipinski definition) is 6. The summed E-state index contributed by atoms with van der Waals surface area (Å²) in [5, 5.41) is 4.37. The van der Waals surface area contributed by atoms with Crippen LogP contribution in [0.25, 0.3) is 6.08 Å². The Bertz CT molecular complexity index is 868. The molecule has 28 heavy (non-hydrogen) atoms. The smallest absolute Gasteiger partial charge is 0.290 e. The lowest BCUT2D eigenvalue weighted by molar-refractivity contribution is 0.248. The van der Waals surface area contributed by atoms with Crippen LogP contribution >= 0.6 is 0 Å². The van der Waals surface area contributed by atoms with Crippen molar-refractivity contribution in [3.05, 3.63) is 52.5 Å². The van der Waals surface area contributed by atoms with Crippen LogP contribution in [0, 0.1) is 6.92 Å². The van der Waals surface area contributed by atoms with Crippen LogP contribution in [0.2, 0.25) is 0 Å². The Balaban J connectivity index is 1.49. The van der Waals surface area contributed by atoms with Crippen LogP contribution in [0.1, 0.15) is 17.7 Å². The fourth-order valence-electron chi connectivity index (χ4n) is 3.61. The van der Waals surface area contributed by atoms with E-state index in [-0.39, 0.29) is 11.2 Å². The number of methoxy groups -OCH3 is 1. The fraction of sp³-hybridized carbons (Fsp3) is 0.429. The van der Waals surface area contributed by atoms with E-state index in [1.165, 1.54) is 10.4 Å². The first-order chi connectivity index (χ1) is 13.5. The number of nitrogens with zero attached hydrogens (tertiary/aromatic N) is 4. The predicted octanol–water partition coefficient (Wildman–Crippen LogP) is 2.00. The first-order valence-corrected chi connectivity index (χ1v) is 9.64. The number of aromatic nitrogens is 2. The molecule has 150 valence electrons. The van der Waals surface area contributed by atoms with E-state index in [0.29, 0.717) is 12.1 Å². The van der Waals surface area contributed by atoms with Crippen molar-refractivity contribution in [1.29, 1.82) is 0 Å². The number of anilines is 2. The summed E-state index contributed by atoms with van der Waals surface area (Å²) in [6, 6.07) is 8.20. The lowest BCUT2D eigenvalue weighted by Gasteiger charge is -2.36. The largest absolute Gasteiger partial charge is 0.497 e. The van der Waals surface area contributed by atoms with E-state index in [1.54, 1.807) is 13.2 Å². The molecule has 3 rings (SSSR count). The number of nitrogen functional groups attached to an aromatic ring is 1. The summed E-state index contributed by atoms with van der Waals surface area (Å²) in [4.78, 5) is 17.1. The van der Waals surface area contributed by atoms with Gasteiger partial charge in [0, 0.05) is 50.5 Å². The monoisotopic (exact) mass is 383 g/mol. The van der Waals surface area contributed by atoms with Gasteiger partial charge >= 0.3 is 0 Å². The number of ether oxygens (including phenoxy) is 1. The van der Waals surface area contributed by atoms with E-state index in [2.05, 4.69) is 33.6 Å². The van der Waals surface area contributed by atoms with Crippen molar-refractivity contribution in [2.45, 2.75) is 19.9 Å². The third-order valence-electron chi connectivity index (χ3n) is 5.27. The average Bonchev–Trinajstić information content (AvgIpc) is 2.72. The zero-order valence-electron chi connectivity index (χ0n) is 16.7. The van der Waals surface area contributed by atoms with E-state index in [1.807, 2.05) is 19.1 Å². The standard InChI is InChI=1S/C21H29N5O2/c1-4-19-16(2)23-26(21(27)20(19)22)11-5-10-24-12-14-25(15-13-24)17-6-8-18(28-3)9-7-17/h4,6-9H,1,5,10-15,22H2,2-3H3. The maximum atomic E-state index is 12.3. The minimum atomic E-state index is -0.232. The van der Waals surface area contributed by atoms with Gasteiger partial charge in [-0.3, -0.25) is 9.69 Å². The Morgan fingerprint density at radius 2 is 1.86 bits per heavy atom. The highest BCUT2D eigenvalue weighted by atomic mass is 16.5. The highest BCUT2D eigenvalue weighted by Gasteiger charge is 2.17. The number of hydrogen-bond donors (Lipinski definition) is 1. The average molecular weight is 383 g/mol. The first kappa shape index (κ1) is 19.9. The van der Waals surface area contributed by atoms with E-state index >= 15 is 0 Å². The summed E-state index contributed by atoms with van der Waals surface area (Å²) in [6.07, 6.45) is 2.45. The van der Waals surface area contributed by atoms with Crippen LogP contribution in [0.4, 0.5) is 11.4 Å². The molecule has 1 aromatic heterocycles. The lowest BCUT2D eigenvalue weighted by atomic mass is 10.2. The quantitative estimate of drug-likeness (QED) is 0.788. The Hall–Kier alpha value is -2.80. The van der Waals surface area contributed by atoms with Crippen molar-refractivity contribution in [3.8, 4) is 5.75 Å². The molecule has 0 bridgehead atoms. The van der Waals surface area contributed by atoms with Crippen molar-refractivity contribution in [3.63, 3.8) is 0 Å². The molecule has 0 saturated carbocycles. The van der Waals surface area contributed by atoms with Gasteiger partial charge in [-0.1, -0.05) is 12.7 Å². The number of nitrogens with two attached hydrogens (primary N) is 1. The Morgan fingerprint density at radius 1 is 1.18 bits per heavy atom. The Kier molecular flexibility index (Phi) is 6.36. The van der Waals surface area contributed by atoms with E-state index in [9.17, 15) is 4.79 Å². The molecule has 2 N–H and O–H groups in total. The second kappa shape index (κ2) is 8.93. The number of benzene rings is 1. The zero-order chi connectivity index (χ0) is 20.1. The summed E-state index contributed by atoms with van der Waals surface area (Å²) >= 11 is 0. The molecule has 2 heterocycles. The second-order valence-electron chi connectivity index (χ2n) is 7.03. The van der Waals surface area contributed by atoms with Crippen molar-refractivity contribution in [2.75, 3.05) is 50.5 Å². The summed E-state index contributed by atoms with van der Waals surface area (Å²) in [5.74, 6) is 0.878. The van der Waals surface area contributed by atoms with Gasteiger partial charge in [-0.25, -0.2) is 4.68 Å². The van der Waals surface area contributed by atoms with Gasteiger partial charge in [-0.15, -0.1) is 0 Å². The normalized spacial score (nSPS) is 14.9. The van der Waals surface area contributed by atoms with Gasteiger partial charge in [0.05, 0.1) is 12.8 Å². The van der Waals surface area contributed by atoms with Crippen LogP contribution in [-0.2, 0) is 6.54 Å². The third-order valence-corrected chi connectivity index (χ3v) is 5.27. The van der Waals surface area contributed by atoms with Crippen molar-refractivity contribution >= 4 is 17.5 Å². The van der Waals surface area contributed by atoms with Gasteiger partial charge in [0.1, 0.15) is 11.4 Å². The molecule has 1 aliphatic heterocycles. The lowest BCUT2D eigenvalue weighted by Crippen LogP contribution is -2.46. The van der Waals surface area contributed by atoms with Crippen LogP contribution in [-0.4, -0.2) is 54.5 Å². The fourth-order valence-corrected chi connectivity index (χ4v) is 3.61. The zero-order valence-corrected chi connectivity index (χ0v) is 16.7. The van der Waals surface area contributed by atoms with Crippen LogP contribution in [0.15, 0.2) is 35.6 Å². The topological polar surface area (TPSA) is 76.6 Å². The maximum Gasteiger partial charge on any atom is 0.290 e. The molecule has 1 saturated heterocycles. The Morgan fingerprint density at radius 3 is 2.46 bits per heavy atom. The maximum absolute atomic E-state index is 12.3. The second-order valence-corrected chi connectivity index (χ2v) is 7.03. The molecule has 1 aromatic carbocycles. The molecule has 1 fully saturated rings. The molecule has 0 atom stereocenters. The minimum absolute atomic E-state index is 0.232. The summed E-state index contributed by atoms with van der Waals surface area (Å²) in [5.41, 5.74) is 8.53. The van der Waals surface area contributed by atoms with Crippen molar-refractivity contribution < 1.29 is 4.74 Å². The predicted molar refractivity (Wildman–Crippen MR) is 114 cm³/mol. The van der Waals surface area contributed by atoms with Gasteiger partial charge < -0.3 is 15.4 Å². The van der Waals surface area contributed by atoms with Gasteiger partial charge in [0.15, 0.2) is 0 Å². The molecule has 0 amide bonds. The summed E-state index contributed by atoms with van der Waals surface area (Å²) in [7, 11) is 1.68. The highest BCUT2D eigenvalue weighted by Crippen LogP contribution is 2.20. The van der Waals surface area contributed by atoms with Crippen LogP contribution in [0.3, 0.4) is 0 Å². The molecule has 7 nitrogen and oxygen atoms in total. The van der Waals surface area contributed by atoms with E-state index < -0.39 is 0 Å². The number of aryl methyl sites for hydroxylation is 2. The van der Waals surface area contributed by atoms with E-state index in [0.717, 1.165) is 50.6 Å². The third kappa shape index (κ3) is 4.36. The van der Waals surface area contributed by atoms with Crippen LogP contribution < -0.4 is 20.9 Å². The summed E-state index contributed by atoms with van der Waals surface area (Å²) < 4.78 is 6.70. The van der Waals surface area contributed by atoms with Gasteiger partial charge in [0.2, 0.25) is 0 Å². The van der Waals surface area contributed by atoms with Crippen molar-refractivity contribution in [2.24, 2.45) is 0 Å². The highest BCUT2D eigenvalue weighted by molar-refractivity contribution is 5.63. The van der Waals surface area contributed by atoms with Crippen LogP contribution in [0.5, 0.6) is 5.75 Å². The molecular formula is C21H29N5O2. The molecular weight excluding hydrogens is 354 g/mol. The van der Waals surface area contributed by atoms with Crippen molar-refractivity contribution in [1.82, 2.24) is 14.7 Å². The van der Waals surface area contributed by atoms with Gasteiger partial charge in [0.25, 0.3) is 5.56 Å². The molecule has 2 aromatic rings. The molecule has 0 aliphatic carbocycles.